The Hall–Kier alpha value is -2.27. The van der Waals surface area contributed by atoms with Gasteiger partial charge in [-0.05, 0) is 38.0 Å². The van der Waals surface area contributed by atoms with Crippen LogP contribution in [0.15, 0.2) is 59.5 Å². The standard InChI is InChI=1S/C22H28N2O2S/c1-4-14-23-22(26)18(3)24(15-19-12-10-17(2)11-13-19)21(25)16-27-20-8-6-5-7-9-20/h5-13,18H,4,14-16H2,1-3H3,(H,23,26)/t18-/m1/s1. The lowest BCUT2D eigenvalue weighted by molar-refractivity contribution is -0.138. The molecule has 0 aliphatic carbocycles. The summed E-state index contributed by atoms with van der Waals surface area (Å²) in [5.74, 6) is 0.159. The largest absolute Gasteiger partial charge is 0.354 e. The van der Waals surface area contributed by atoms with Gasteiger partial charge in [0.05, 0.1) is 5.75 Å². The molecule has 0 aromatic heterocycles. The van der Waals surface area contributed by atoms with Crippen molar-refractivity contribution >= 4 is 23.6 Å². The van der Waals surface area contributed by atoms with Gasteiger partial charge in [0, 0.05) is 18.0 Å². The highest BCUT2D eigenvalue weighted by atomic mass is 32.2. The molecule has 0 bridgehead atoms. The van der Waals surface area contributed by atoms with E-state index in [1.807, 2.05) is 68.4 Å². The third kappa shape index (κ3) is 6.75. The van der Waals surface area contributed by atoms with Crippen LogP contribution < -0.4 is 5.32 Å². The van der Waals surface area contributed by atoms with Gasteiger partial charge in [0.2, 0.25) is 11.8 Å². The molecule has 2 aromatic rings. The molecule has 0 radical (unpaired) electrons. The average molecular weight is 385 g/mol. The SMILES string of the molecule is CCCNC(=O)[C@@H](C)N(Cc1ccc(C)cc1)C(=O)CSc1ccccc1. The van der Waals surface area contributed by atoms with Crippen molar-refractivity contribution in [2.45, 2.75) is 44.7 Å². The molecular formula is C22H28N2O2S. The van der Waals surface area contributed by atoms with Crippen LogP contribution >= 0.6 is 11.8 Å². The summed E-state index contributed by atoms with van der Waals surface area (Å²) in [7, 11) is 0. The Morgan fingerprint density at radius 1 is 1.07 bits per heavy atom. The molecule has 144 valence electrons. The van der Waals surface area contributed by atoms with Gasteiger partial charge in [0.1, 0.15) is 6.04 Å². The molecule has 0 saturated carbocycles. The molecule has 2 amide bonds. The topological polar surface area (TPSA) is 49.4 Å². The van der Waals surface area contributed by atoms with Crippen molar-refractivity contribution in [2.75, 3.05) is 12.3 Å². The smallest absolute Gasteiger partial charge is 0.242 e. The van der Waals surface area contributed by atoms with Crippen molar-refractivity contribution in [2.24, 2.45) is 0 Å². The van der Waals surface area contributed by atoms with Crippen LogP contribution in [0.4, 0.5) is 0 Å². The van der Waals surface area contributed by atoms with Crippen LogP contribution in [0.3, 0.4) is 0 Å². The summed E-state index contributed by atoms with van der Waals surface area (Å²) in [6.07, 6.45) is 0.869. The van der Waals surface area contributed by atoms with E-state index in [9.17, 15) is 9.59 Å². The minimum atomic E-state index is -0.512. The van der Waals surface area contributed by atoms with Crippen molar-refractivity contribution in [3.8, 4) is 0 Å². The van der Waals surface area contributed by atoms with Gasteiger partial charge in [-0.3, -0.25) is 9.59 Å². The van der Waals surface area contributed by atoms with Crippen LogP contribution in [-0.4, -0.2) is 35.1 Å². The molecule has 0 spiro atoms. The van der Waals surface area contributed by atoms with E-state index < -0.39 is 6.04 Å². The summed E-state index contributed by atoms with van der Waals surface area (Å²) in [4.78, 5) is 28.1. The van der Waals surface area contributed by atoms with Crippen LogP contribution in [0, 0.1) is 6.92 Å². The van der Waals surface area contributed by atoms with Crippen molar-refractivity contribution in [3.63, 3.8) is 0 Å². The molecule has 2 aromatic carbocycles. The first-order valence-electron chi connectivity index (χ1n) is 9.31. The monoisotopic (exact) mass is 384 g/mol. The van der Waals surface area contributed by atoms with Gasteiger partial charge in [-0.1, -0.05) is 55.0 Å². The van der Waals surface area contributed by atoms with Gasteiger partial charge >= 0.3 is 0 Å². The fourth-order valence-electron chi connectivity index (χ4n) is 2.61. The number of benzene rings is 2. The highest BCUT2D eigenvalue weighted by Crippen LogP contribution is 2.19. The third-order valence-electron chi connectivity index (χ3n) is 4.30. The number of thioether (sulfide) groups is 1. The molecule has 1 atom stereocenters. The molecule has 1 N–H and O–H groups in total. The fraction of sp³-hybridized carbons (Fsp3) is 0.364. The molecule has 5 heteroatoms. The molecule has 4 nitrogen and oxygen atoms in total. The average Bonchev–Trinajstić information content (AvgIpc) is 2.70. The van der Waals surface area contributed by atoms with Gasteiger partial charge in [0.25, 0.3) is 0 Å². The van der Waals surface area contributed by atoms with Crippen LogP contribution in [0.1, 0.15) is 31.4 Å². The molecule has 2 rings (SSSR count). The molecule has 0 fully saturated rings. The summed E-state index contributed by atoms with van der Waals surface area (Å²) < 4.78 is 0. The second-order valence-corrected chi connectivity index (χ2v) is 7.62. The summed E-state index contributed by atoms with van der Waals surface area (Å²) in [5, 5.41) is 2.90. The maximum atomic E-state index is 12.9. The van der Waals surface area contributed by atoms with Crippen LogP contribution in [0.2, 0.25) is 0 Å². The maximum absolute atomic E-state index is 12.9. The number of aryl methyl sites for hydroxylation is 1. The third-order valence-corrected chi connectivity index (χ3v) is 5.29. The van der Waals surface area contributed by atoms with E-state index in [0.717, 1.165) is 16.9 Å². The van der Waals surface area contributed by atoms with Crippen molar-refractivity contribution in [1.82, 2.24) is 10.2 Å². The normalized spacial score (nSPS) is 11.7. The molecule has 0 aliphatic heterocycles. The van der Waals surface area contributed by atoms with Gasteiger partial charge < -0.3 is 10.2 Å². The Bertz CT molecular complexity index is 732. The minimum absolute atomic E-state index is 0.0384. The number of nitrogens with zero attached hydrogens (tertiary/aromatic N) is 1. The zero-order valence-corrected chi connectivity index (χ0v) is 17.1. The van der Waals surface area contributed by atoms with Crippen molar-refractivity contribution < 1.29 is 9.59 Å². The highest BCUT2D eigenvalue weighted by molar-refractivity contribution is 8.00. The van der Waals surface area contributed by atoms with Crippen LogP contribution in [-0.2, 0) is 16.1 Å². The summed E-state index contributed by atoms with van der Waals surface area (Å²) in [6, 6.07) is 17.4. The second-order valence-electron chi connectivity index (χ2n) is 6.58. The maximum Gasteiger partial charge on any atom is 0.242 e. The zero-order valence-electron chi connectivity index (χ0n) is 16.3. The van der Waals surface area contributed by atoms with E-state index in [4.69, 9.17) is 0 Å². The summed E-state index contributed by atoms with van der Waals surface area (Å²) in [5.41, 5.74) is 2.19. The minimum Gasteiger partial charge on any atom is -0.354 e. The van der Waals surface area contributed by atoms with Gasteiger partial charge in [-0.2, -0.15) is 0 Å². The summed E-state index contributed by atoms with van der Waals surface area (Å²) >= 11 is 1.49. The first-order valence-corrected chi connectivity index (χ1v) is 10.3. The predicted molar refractivity (Wildman–Crippen MR) is 112 cm³/mol. The molecule has 0 heterocycles. The number of nitrogens with one attached hydrogen (secondary N) is 1. The number of hydrogen-bond donors (Lipinski definition) is 1. The first kappa shape index (κ1) is 21.0. The Morgan fingerprint density at radius 2 is 1.74 bits per heavy atom. The lowest BCUT2D eigenvalue weighted by Gasteiger charge is -2.28. The zero-order chi connectivity index (χ0) is 19.6. The van der Waals surface area contributed by atoms with Crippen molar-refractivity contribution in [1.29, 1.82) is 0 Å². The lowest BCUT2D eigenvalue weighted by Crippen LogP contribution is -2.48. The number of carbonyl (C=O) groups excluding carboxylic acids is 2. The van der Waals surface area contributed by atoms with E-state index in [1.165, 1.54) is 17.3 Å². The molecular weight excluding hydrogens is 356 g/mol. The Morgan fingerprint density at radius 3 is 2.37 bits per heavy atom. The van der Waals surface area contributed by atoms with E-state index in [-0.39, 0.29) is 11.8 Å². The van der Waals surface area contributed by atoms with E-state index in [1.54, 1.807) is 11.8 Å². The van der Waals surface area contributed by atoms with Crippen LogP contribution in [0.25, 0.3) is 0 Å². The Kier molecular flexibility index (Phi) is 8.40. The number of rotatable bonds is 9. The molecule has 0 saturated heterocycles. The summed E-state index contributed by atoms with van der Waals surface area (Å²) in [6.45, 7) is 6.88. The molecule has 0 aliphatic rings. The van der Waals surface area contributed by atoms with E-state index >= 15 is 0 Å². The number of carbonyl (C=O) groups is 2. The number of amides is 2. The number of hydrogen-bond acceptors (Lipinski definition) is 3. The quantitative estimate of drug-likeness (QED) is 0.664. The van der Waals surface area contributed by atoms with Gasteiger partial charge in [-0.25, -0.2) is 0 Å². The van der Waals surface area contributed by atoms with E-state index in [0.29, 0.717) is 18.8 Å². The van der Waals surface area contributed by atoms with Crippen molar-refractivity contribution in [3.05, 3.63) is 65.7 Å². The first-order chi connectivity index (χ1) is 13.0. The lowest BCUT2D eigenvalue weighted by atomic mass is 10.1. The predicted octanol–water partition coefficient (Wildman–Crippen LogP) is 4.03. The van der Waals surface area contributed by atoms with Gasteiger partial charge in [0.15, 0.2) is 0 Å². The molecule has 0 unspecified atom stereocenters. The van der Waals surface area contributed by atoms with E-state index in [2.05, 4.69) is 5.32 Å². The Labute approximate surface area is 166 Å². The second kappa shape index (κ2) is 10.8. The Balaban J connectivity index is 2.10. The van der Waals surface area contributed by atoms with Gasteiger partial charge in [-0.15, -0.1) is 11.8 Å². The molecule has 27 heavy (non-hydrogen) atoms. The van der Waals surface area contributed by atoms with Crippen LogP contribution in [0.5, 0.6) is 0 Å². The highest BCUT2D eigenvalue weighted by Gasteiger charge is 2.25. The fourth-order valence-corrected chi connectivity index (χ4v) is 3.42.